The molecule has 0 aromatic heterocycles. The molecule has 0 rings (SSSR count). The third kappa shape index (κ3) is 6.10. The predicted molar refractivity (Wildman–Crippen MR) is 60.3 cm³/mol. The van der Waals surface area contributed by atoms with Crippen LogP contribution in [0, 0.1) is 11.8 Å². The molecule has 0 fully saturated rings. The van der Waals surface area contributed by atoms with Gasteiger partial charge < -0.3 is 10.6 Å². The van der Waals surface area contributed by atoms with E-state index in [1.54, 1.807) is 0 Å². The van der Waals surface area contributed by atoms with Crippen molar-refractivity contribution in [2.75, 3.05) is 6.54 Å². The fourth-order valence-corrected chi connectivity index (χ4v) is 1.06. The van der Waals surface area contributed by atoms with Crippen LogP contribution in [0.1, 0.15) is 34.6 Å². The van der Waals surface area contributed by atoms with Gasteiger partial charge in [0.15, 0.2) is 0 Å². The topological polar surface area (TPSA) is 58.2 Å². The Morgan fingerprint density at radius 3 is 2.00 bits per heavy atom. The van der Waals surface area contributed by atoms with Crippen molar-refractivity contribution in [2.45, 2.75) is 40.7 Å². The van der Waals surface area contributed by atoms with E-state index < -0.39 is 0 Å². The van der Waals surface area contributed by atoms with Crippen LogP contribution < -0.4 is 10.6 Å². The Morgan fingerprint density at radius 2 is 1.67 bits per heavy atom. The van der Waals surface area contributed by atoms with Crippen molar-refractivity contribution < 1.29 is 9.59 Å². The molecule has 88 valence electrons. The number of nitrogens with one attached hydrogen (secondary N) is 2. The molecule has 0 aliphatic rings. The summed E-state index contributed by atoms with van der Waals surface area (Å²) in [5, 5.41) is 5.64. The summed E-state index contributed by atoms with van der Waals surface area (Å²) in [6, 6.07) is 0.00352. The normalized spacial score (nSPS) is 12.7. The van der Waals surface area contributed by atoms with Crippen molar-refractivity contribution in [1.29, 1.82) is 0 Å². The lowest BCUT2D eigenvalue weighted by atomic mass is 10.0. The van der Waals surface area contributed by atoms with Crippen LogP contribution in [0.5, 0.6) is 0 Å². The molecule has 0 aliphatic carbocycles. The zero-order valence-corrected chi connectivity index (χ0v) is 10.3. The summed E-state index contributed by atoms with van der Waals surface area (Å²) in [7, 11) is 0. The van der Waals surface area contributed by atoms with Gasteiger partial charge in [-0.05, 0) is 5.92 Å². The van der Waals surface area contributed by atoms with Gasteiger partial charge in [0, 0.05) is 25.4 Å². The highest BCUT2D eigenvalue weighted by molar-refractivity contribution is 5.78. The maximum Gasteiger partial charge on any atom is 0.222 e. The van der Waals surface area contributed by atoms with E-state index in [9.17, 15) is 9.59 Å². The van der Waals surface area contributed by atoms with E-state index in [-0.39, 0.29) is 23.8 Å². The van der Waals surface area contributed by atoms with Gasteiger partial charge in [-0.1, -0.05) is 27.7 Å². The molecule has 2 amide bonds. The van der Waals surface area contributed by atoms with Gasteiger partial charge in [0.05, 0.1) is 0 Å². The summed E-state index contributed by atoms with van der Waals surface area (Å²) < 4.78 is 0. The molecule has 0 heterocycles. The number of hydrogen-bond donors (Lipinski definition) is 2. The van der Waals surface area contributed by atoms with E-state index in [1.807, 2.05) is 27.7 Å². The Balaban J connectivity index is 4.16. The van der Waals surface area contributed by atoms with Crippen molar-refractivity contribution in [2.24, 2.45) is 11.8 Å². The molecule has 15 heavy (non-hydrogen) atoms. The van der Waals surface area contributed by atoms with Gasteiger partial charge in [0.2, 0.25) is 11.8 Å². The first kappa shape index (κ1) is 13.9. The van der Waals surface area contributed by atoms with Gasteiger partial charge in [-0.25, -0.2) is 0 Å². The second-order valence-corrected chi connectivity index (χ2v) is 4.45. The number of carbonyl (C=O) groups excluding carboxylic acids is 2. The summed E-state index contributed by atoms with van der Waals surface area (Å²) in [5.74, 6) is 0.238. The van der Waals surface area contributed by atoms with Crippen LogP contribution in [-0.2, 0) is 9.59 Å². The van der Waals surface area contributed by atoms with E-state index in [1.165, 1.54) is 6.92 Å². The van der Waals surface area contributed by atoms with Gasteiger partial charge >= 0.3 is 0 Å². The number of amides is 2. The smallest absolute Gasteiger partial charge is 0.222 e. The van der Waals surface area contributed by atoms with Crippen LogP contribution >= 0.6 is 0 Å². The second kappa shape index (κ2) is 6.43. The van der Waals surface area contributed by atoms with E-state index in [2.05, 4.69) is 10.6 Å². The minimum atomic E-state index is -0.0700. The Hall–Kier alpha value is -1.06. The fraction of sp³-hybridized carbons (Fsp3) is 0.818. The molecule has 0 spiro atoms. The molecule has 0 aliphatic heterocycles. The van der Waals surface area contributed by atoms with Crippen LogP contribution in [0.25, 0.3) is 0 Å². The molecule has 0 aromatic rings. The maximum absolute atomic E-state index is 11.5. The van der Waals surface area contributed by atoms with Crippen molar-refractivity contribution >= 4 is 11.8 Å². The Labute approximate surface area is 91.8 Å². The molecule has 0 unspecified atom stereocenters. The Kier molecular flexibility index (Phi) is 5.97. The van der Waals surface area contributed by atoms with E-state index in [0.29, 0.717) is 12.5 Å². The summed E-state index contributed by atoms with van der Waals surface area (Å²) in [6.45, 7) is 9.71. The number of hydrogen-bond acceptors (Lipinski definition) is 2. The number of rotatable bonds is 5. The van der Waals surface area contributed by atoms with Crippen LogP contribution in [0.2, 0.25) is 0 Å². The minimum Gasteiger partial charge on any atom is -0.354 e. The Bertz CT molecular complexity index is 225. The molecule has 2 N–H and O–H groups in total. The molecule has 0 saturated carbocycles. The van der Waals surface area contributed by atoms with Crippen molar-refractivity contribution in [3.8, 4) is 0 Å². The third-order valence-electron chi connectivity index (χ3n) is 2.23. The standard InChI is InChI=1S/C11H22N2O2/c1-7(2)10(6-12-9(5)14)13-11(15)8(3)4/h7-8,10H,6H2,1-5H3,(H,12,14)(H,13,15)/t10-/m0/s1. The molecule has 0 saturated heterocycles. The number of carbonyl (C=O) groups is 2. The van der Waals surface area contributed by atoms with Gasteiger partial charge in [-0.2, -0.15) is 0 Å². The summed E-state index contributed by atoms with van der Waals surface area (Å²) in [4.78, 5) is 22.2. The zero-order valence-electron chi connectivity index (χ0n) is 10.3. The molecule has 0 aromatic carbocycles. The molecule has 0 bridgehead atoms. The van der Waals surface area contributed by atoms with E-state index >= 15 is 0 Å². The monoisotopic (exact) mass is 214 g/mol. The molecule has 1 atom stereocenters. The quantitative estimate of drug-likeness (QED) is 0.715. The van der Waals surface area contributed by atoms with Crippen LogP contribution in [0.4, 0.5) is 0 Å². The molecule has 4 nitrogen and oxygen atoms in total. The average Bonchev–Trinajstić information content (AvgIpc) is 2.10. The second-order valence-electron chi connectivity index (χ2n) is 4.45. The molecule has 4 heteroatoms. The SMILES string of the molecule is CC(=O)NC[C@H](NC(=O)C(C)C)C(C)C. The largest absolute Gasteiger partial charge is 0.354 e. The van der Waals surface area contributed by atoms with Gasteiger partial charge in [0.25, 0.3) is 0 Å². The Morgan fingerprint density at radius 1 is 1.13 bits per heavy atom. The lowest BCUT2D eigenvalue weighted by molar-refractivity contribution is -0.125. The third-order valence-corrected chi connectivity index (χ3v) is 2.23. The minimum absolute atomic E-state index is 0.00352. The molecular formula is C11H22N2O2. The lowest BCUT2D eigenvalue weighted by Crippen LogP contribution is -2.47. The fourth-order valence-electron chi connectivity index (χ4n) is 1.06. The van der Waals surface area contributed by atoms with Gasteiger partial charge in [0.1, 0.15) is 0 Å². The van der Waals surface area contributed by atoms with Crippen molar-refractivity contribution in [1.82, 2.24) is 10.6 Å². The van der Waals surface area contributed by atoms with E-state index in [0.717, 1.165) is 0 Å². The van der Waals surface area contributed by atoms with Gasteiger partial charge in [-0.3, -0.25) is 9.59 Å². The van der Waals surface area contributed by atoms with Crippen LogP contribution in [0.3, 0.4) is 0 Å². The van der Waals surface area contributed by atoms with Crippen LogP contribution in [0.15, 0.2) is 0 Å². The first-order valence-electron chi connectivity index (χ1n) is 5.39. The summed E-state index contributed by atoms with van der Waals surface area (Å²) in [6.07, 6.45) is 0. The van der Waals surface area contributed by atoms with Gasteiger partial charge in [-0.15, -0.1) is 0 Å². The van der Waals surface area contributed by atoms with E-state index in [4.69, 9.17) is 0 Å². The maximum atomic E-state index is 11.5. The highest BCUT2D eigenvalue weighted by Crippen LogP contribution is 2.02. The highest BCUT2D eigenvalue weighted by atomic mass is 16.2. The first-order chi connectivity index (χ1) is 6.84. The first-order valence-corrected chi connectivity index (χ1v) is 5.39. The molecule has 0 radical (unpaired) electrons. The average molecular weight is 214 g/mol. The van der Waals surface area contributed by atoms with Crippen molar-refractivity contribution in [3.05, 3.63) is 0 Å². The summed E-state index contributed by atoms with van der Waals surface area (Å²) >= 11 is 0. The zero-order chi connectivity index (χ0) is 12.0. The summed E-state index contributed by atoms with van der Waals surface area (Å²) in [5.41, 5.74) is 0. The van der Waals surface area contributed by atoms with Crippen LogP contribution in [-0.4, -0.2) is 24.4 Å². The van der Waals surface area contributed by atoms with Crippen molar-refractivity contribution in [3.63, 3.8) is 0 Å². The predicted octanol–water partition coefficient (Wildman–Crippen LogP) is 0.919. The highest BCUT2D eigenvalue weighted by Gasteiger charge is 2.17. The lowest BCUT2D eigenvalue weighted by Gasteiger charge is -2.23. The molecular weight excluding hydrogens is 192 g/mol.